The average molecular weight is 595 g/mol. The first-order valence-corrected chi connectivity index (χ1v) is 15.9. The van der Waals surface area contributed by atoms with Crippen LogP contribution < -0.4 is 5.32 Å². The molecule has 1 N–H and O–H groups in total. The summed E-state index contributed by atoms with van der Waals surface area (Å²) in [5.41, 5.74) is 2.20. The predicted octanol–water partition coefficient (Wildman–Crippen LogP) is 5.18. The van der Waals surface area contributed by atoms with Gasteiger partial charge in [-0.15, -0.1) is 0 Å². The number of piperidine rings is 1. The van der Waals surface area contributed by atoms with E-state index in [0.29, 0.717) is 6.42 Å². The molecular weight excluding hydrogens is 557 g/mol. The van der Waals surface area contributed by atoms with Gasteiger partial charge in [0, 0.05) is 6.54 Å². The lowest BCUT2D eigenvalue weighted by Gasteiger charge is -2.30. The molecule has 11 heteroatoms. The number of alkyl halides is 3. The number of halogens is 3. The average Bonchev–Trinajstić information content (AvgIpc) is 3.22. The van der Waals surface area contributed by atoms with Crippen molar-refractivity contribution in [3.05, 3.63) is 64.7 Å². The van der Waals surface area contributed by atoms with Crippen molar-refractivity contribution in [1.29, 1.82) is 0 Å². The molecule has 2 aromatic carbocycles. The topological polar surface area (TPSA) is 84.9 Å². The van der Waals surface area contributed by atoms with Crippen LogP contribution in [0.15, 0.2) is 47.4 Å². The Labute approximate surface area is 239 Å². The summed E-state index contributed by atoms with van der Waals surface area (Å²) >= 11 is 0. The van der Waals surface area contributed by atoms with Crippen LogP contribution >= 0.6 is 0 Å². The first-order valence-electron chi connectivity index (χ1n) is 14.2. The lowest BCUT2D eigenvalue weighted by atomic mass is 9.86. The fourth-order valence-electron chi connectivity index (χ4n) is 6.20. The van der Waals surface area contributed by atoms with Crippen LogP contribution in [-0.2, 0) is 43.2 Å². The van der Waals surface area contributed by atoms with Crippen molar-refractivity contribution in [2.45, 2.75) is 94.0 Å². The number of aryl methyl sites for hydroxylation is 1. The van der Waals surface area contributed by atoms with Gasteiger partial charge in [-0.05, 0) is 87.9 Å². The van der Waals surface area contributed by atoms with Crippen LogP contribution in [0.5, 0.6) is 0 Å². The van der Waals surface area contributed by atoms with Crippen molar-refractivity contribution in [1.82, 2.24) is 10.2 Å². The largest absolute Gasteiger partial charge is 0.417 e. The molecule has 224 valence electrons. The molecule has 0 radical (unpaired) electrons. The Morgan fingerprint density at radius 2 is 1.78 bits per heavy atom. The zero-order valence-electron chi connectivity index (χ0n) is 23.4. The lowest BCUT2D eigenvalue weighted by Crippen LogP contribution is -2.45. The summed E-state index contributed by atoms with van der Waals surface area (Å²) in [7, 11) is -4.48. The number of likely N-dealkylation sites (tertiary alicyclic amines) is 1. The van der Waals surface area contributed by atoms with Gasteiger partial charge in [0.05, 0.1) is 22.3 Å². The van der Waals surface area contributed by atoms with Gasteiger partial charge >= 0.3 is 6.18 Å². The summed E-state index contributed by atoms with van der Waals surface area (Å²) in [6, 6.07) is 10.1. The van der Waals surface area contributed by atoms with Crippen LogP contribution in [0.3, 0.4) is 0 Å². The Morgan fingerprint density at radius 1 is 1.05 bits per heavy atom. The number of rotatable bonds is 7. The summed E-state index contributed by atoms with van der Waals surface area (Å²) in [4.78, 5) is 15.1. The molecule has 41 heavy (non-hydrogen) atoms. The number of benzene rings is 2. The Balaban J connectivity index is 1.31. The third kappa shape index (κ3) is 6.96. The second-order valence-corrected chi connectivity index (χ2v) is 13.7. The minimum atomic E-state index is -4.85. The van der Waals surface area contributed by atoms with E-state index in [1.165, 1.54) is 36.5 Å². The van der Waals surface area contributed by atoms with Crippen LogP contribution in [0.2, 0.25) is 0 Å². The molecular formula is C30H37F3N2O5S. The monoisotopic (exact) mass is 594 g/mol. The predicted molar refractivity (Wildman–Crippen MR) is 147 cm³/mol. The molecule has 0 spiro atoms. The third-order valence-electron chi connectivity index (χ3n) is 8.05. The number of nitrogens with one attached hydrogen (secondary N) is 1. The molecule has 5 rings (SSSR count). The van der Waals surface area contributed by atoms with E-state index in [1.54, 1.807) is 13.8 Å². The zero-order chi connectivity index (χ0) is 29.4. The molecule has 2 fully saturated rings. The number of hydrogen-bond donors (Lipinski definition) is 1. The third-order valence-corrected chi connectivity index (χ3v) is 9.84. The smallest absolute Gasteiger partial charge is 0.347 e. The van der Waals surface area contributed by atoms with Crippen LogP contribution in [0.4, 0.5) is 13.2 Å². The molecule has 0 saturated carbocycles. The van der Waals surface area contributed by atoms with Crippen LogP contribution in [-0.4, -0.2) is 56.1 Å². The van der Waals surface area contributed by atoms with Crippen molar-refractivity contribution in [2.24, 2.45) is 0 Å². The molecule has 2 heterocycles. The summed E-state index contributed by atoms with van der Waals surface area (Å²) in [5, 5.41) is 3.02. The van der Waals surface area contributed by atoms with Crippen LogP contribution in [0.1, 0.15) is 74.2 Å². The Bertz CT molecular complexity index is 1370. The molecule has 3 aliphatic rings. The number of carbonyl (C=O) groups excluding carboxylic acids is 1. The maximum atomic E-state index is 13.6. The number of fused-ring (bicyclic) bond motifs is 1. The van der Waals surface area contributed by atoms with Crippen molar-refractivity contribution in [3.63, 3.8) is 0 Å². The highest BCUT2D eigenvalue weighted by molar-refractivity contribution is 7.91. The lowest BCUT2D eigenvalue weighted by molar-refractivity contribution is -0.155. The Kier molecular flexibility index (Phi) is 8.53. The molecule has 0 bridgehead atoms. The number of amides is 1. The molecule has 7 nitrogen and oxygen atoms in total. The van der Waals surface area contributed by atoms with E-state index in [4.69, 9.17) is 9.47 Å². The Hall–Kier alpha value is -2.47. The molecule has 0 aromatic heterocycles. The van der Waals surface area contributed by atoms with E-state index >= 15 is 0 Å². The first-order chi connectivity index (χ1) is 19.3. The van der Waals surface area contributed by atoms with Gasteiger partial charge in [0.25, 0.3) is 5.91 Å². The van der Waals surface area contributed by atoms with Gasteiger partial charge < -0.3 is 14.8 Å². The summed E-state index contributed by atoms with van der Waals surface area (Å²) in [6.45, 7) is 6.20. The highest BCUT2D eigenvalue weighted by atomic mass is 32.2. The van der Waals surface area contributed by atoms with Gasteiger partial charge in [-0.2, -0.15) is 13.2 Å². The molecule has 2 aromatic rings. The van der Waals surface area contributed by atoms with E-state index in [1.807, 2.05) is 0 Å². The van der Waals surface area contributed by atoms with Crippen molar-refractivity contribution in [3.8, 4) is 0 Å². The highest BCUT2D eigenvalue weighted by Crippen LogP contribution is 2.37. The van der Waals surface area contributed by atoms with Gasteiger partial charge in [0.1, 0.15) is 6.10 Å². The van der Waals surface area contributed by atoms with E-state index in [0.717, 1.165) is 56.2 Å². The standard InChI is InChI=1S/C30H37F3N2O5S/c1-29(2)39-25(19-41(37,38)26-12-5-4-10-23(26)30(31,32)33)27(40-29)28(36)34-24-11-8-9-21-17-20(13-14-22(21)24)18-35-15-6-3-7-16-35/h4-5,10,12-14,17,24-25,27H,3,6-9,11,15-16,18-19H2,1-2H3,(H,34,36)/t24-,25-,27-/m1/s1. The van der Waals surface area contributed by atoms with Crippen molar-refractivity contribution in [2.75, 3.05) is 18.8 Å². The van der Waals surface area contributed by atoms with Gasteiger partial charge in [-0.25, -0.2) is 8.42 Å². The summed E-state index contributed by atoms with van der Waals surface area (Å²) in [5.74, 6) is -2.67. The quantitative estimate of drug-likeness (QED) is 0.476. The van der Waals surface area contributed by atoms with Crippen LogP contribution in [0.25, 0.3) is 0 Å². The normalized spacial score (nSPS) is 25.0. The molecule has 2 aliphatic heterocycles. The molecule has 3 atom stereocenters. The van der Waals surface area contributed by atoms with E-state index in [-0.39, 0.29) is 6.04 Å². The second kappa shape index (κ2) is 11.7. The van der Waals surface area contributed by atoms with Gasteiger partial charge in [0.2, 0.25) is 0 Å². The number of hydrogen-bond acceptors (Lipinski definition) is 6. The summed E-state index contributed by atoms with van der Waals surface area (Å²) in [6.07, 6.45) is -1.22. The highest BCUT2D eigenvalue weighted by Gasteiger charge is 2.48. The first kappa shape index (κ1) is 30.0. The fraction of sp³-hybridized carbons (Fsp3) is 0.567. The number of nitrogens with zero attached hydrogens (tertiary/aromatic N) is 1. The SMILES string of the molecule is CC1(C)O[C@H](CS(=O)(=O)c2ccccc2C(F)(F)F)[C@H](C(=O)N[C@@H]2CCCc3cc(CN4CCCCC4)ccc32)O1. The van der Waals surface area contributed by atoms with Crippen LogP contribution in [0, 0.1) is 0 Å². The zero-order valence-corrected chi connectivity index (χ0v) is 24.2. The van der Waals surface area contributed by atoms with E-state index < -0.39 is 56.1 Å². The number of ether oxygens (including phenoxy) is 2. The van der Waals surface area contributed by atoms with Crippen molar-refractivity contribution >= 4 is 15.7 Å². The minimum Gasteiger partial charge on any atom is -0.347 e. The number of carbonyl (C=O) groups is 1. The molecule has 1 aliphatic carbocycles. The minimum absolute atomic E-state index is 0.286. The van der Waals surface area contributed by atoms with Gasteiger partial charge in [0.15, 0.2) is 21.7 Å². The Morgan fingerprint density at radius 3 is 2.51 bits per heavy atom. The molecule has 0 unspecified atom stereocenters. The molecule has 2 saturated heterocycles. The second-order valence-electron chi connectivity index (χ2n) is 11.7. The molecule has 1 amide bonds. The maximum Gasteiger partial charge on any atom is 0.417 e. The van der Waals surface area contributed by atoms with Crippen molar-refractivity contribution < 1.29 is 35.9 Å². The van der Waals surface area contributed by atoms with Gasteiger partial charge in [-0.3, -0.25) is 9.69 Å². The van der Waals surface area contributed by atoms with Gasteiger partial charge in [-0.1, -0.05) is 36.8 Å². The summed E-state index contributed by atoms with van der Waals surface area (Å²) < 4.78 is 78.6. The number of sulfone groups is 1. The fourth-order valence-corrected chi connectivity index (χ4v) is 7.86. The van der Waals surface area contributed by atoms with E-state index in [2.05, 4.69) is 28.4 Å². The maximum absolute atomic E-state index is 13.6. The van der Waals surface area contributed by atoms with E-state index in [9.17, 15) is 26.4 Å².